The Labute approximate surface area is 190 Å². The molecule has 1 amide bonds. The highest BCUT2D eigenvalue weighted by molar-refractivity contribution is 6.29. The highest BCUT2D eigenvalue weighted by Gasteiger charge is 2.28. The highest BCUT2D eigenvalue weighted by Crippen LogP contribution is 2.26. The number of nitrogens with zero attached hydrogens (tertiary/aromatic N) is 3. The molecule has 0 unspecified atom stereocenters. The predicted octanol–water partition coefficient (Wildman–Crippen LogP) is 4.37. The lowest BCUT2D eigenvalue weighted by molar-refractivity contribution is -0.123. The first-order valence-corrected chi connectivity index (χ1v) is 12.0. The molecule has 0 bridgehead atoms. The normalized spacial score (nSPS) is 18.7. The van der Waals surface area contributed by atoms with E-state index >= 15 is 0 Å². The van der Waals surface area contributed by atoms with Crippen molar-refractivity contribution >= 4 is 23.2 Å². The Morgan fingerprint density at radius 2 is 1.81 bits per heavy atom. The van der Waals surface area contributed by atoms with E-state index in [1.807, 2.05) is 11.0 Å². The Morgan fingerprint density at radius 1 is 1.06 bits per heavy atom. The number of carbonyl (C=O) groups is 1. The van der Waals surface area contributed by atoms with Crippen LogP contribution in [0.5, 0.6) is 0 Å². The van der Waals surface area contributed by atoms with Crippen LogP contribution >= 0.6 is 11.6 Å². The van der Waals surface area contributed by atoms with Gasteiger partial charge >= 0.3 is 0 Å². The van der Waals surface area contributed by atoms with Gasteiger partial charge in [0, 0.05) is 19.0 Å². The second-order valence-electron chi connectivity index (χ2n) is 8.85. The predicted molar refractivity (Wildman–Crippen MR) is 126 cm³/mol. The molecule has 0 aliphatic carbocycles. The van der Waals surface area contributed by atoms with Gasteiger partial charge in [-0.2, -0.15) is 0 Å². The molecule has 166 valence electrons. The molecule has 2 saturated heterocycles. The van der Waals surface area contributed by atoms with Gasteiger partial charge in [0.15, 0.2) is 0 Å². The molecular formula is C25H33ClN4O. The molecule has 2 fully saturated rings. The fourth-order valence-corrected chi connectivity index (χ4v) is 4.88. The first kappa shape index (κ1) is 22.3. The topological polar surface area (TPSA) is 48.5 Å². The zero-order valence-electron chi connectivity index (χ0n) is 18.2. The number of hydrogen-bond acceptors (Lipinski definition) is 4. The van der Waals surface area contributed by atoms with Crippen molar-refractivity contribution in [3.8, 4) is 0 Å². The number of benzene rings is 1. The maximum atomic E-state index is 13.3. The van der Waals surface area contributed by atoms with Gasteiger partial charge in [-0.15, -0.1) is 0 Å². The van der Waals surface area contributed by atoms with Crippen LogP contribution in [0.15, 0.2) is 48.7 Å². The summed E-state index contributed by atoms with van der Waals surface area (Å²) in [6, 6.07) is 14.4. The number of carbonyl (C=O) groups excluding carboxylic acids is 1. The van der Waals surface area contributed by atoms with Crippen LogP contribution in [0, 0.1) is 11.8 Å². The third kappa shape index (κ3) is 6.28. The average molecular weight is 441 g/mol. The van der Waals surface area contributed by atoms with Crippen LogP contribution in [0.25, 0.3) is 0 Å². The minimum absolute atomic E-state index is 0.102. The lowest BCUT2D eigenvalue weighted by Gasteiger charge is -2.34. The number of rotatable bonds is 7. The van der Waals surface area contributed by atoms with E-state index in [0.29, 0.717) is 11.1 Å². The Bertz CT molecular complexity index is 815. The molecule has 1 aromatic carbocycles. The Hall–Kier alpha value is -1.95. The molecule has 4 rings (SSSR count). The fraction of sp³-hybridized carbons (Fsp3) is 0.520. The zero-order valence-corrected chi connectivity index (χ0v) is 18.9. The summed E-state index contributed by atoms with van der Waals surface area (Å²) >= 11 is 5.99. The Kier molecular flexibility index (Phi) is 7.95. The average Bonchev–Trinajstić information content (AvgIpc) is 2.82. The number of amides is 1. The Morgan fingerprint density at radius 3 is 2.48 bits per heavy atom. The van der Waals surface area contributed by atoms with E-state index in [9.17, 15) is 4.79 Å². The second kappa shape index (κ2) is 11.1. The van der Waals surface area contributed by atoms with Gasteiger partial charge in [-0.3, -0.25) is 9.69 Å². The van der Waals surface area contributed by atoms with Crippen molar-refractivity contribution in [1.82, 2.24) is 15.2 Å². The number of aromatic nitrogens is 1. The highest BCUT2D eigenvalue weighted by atomic mass is 35.5. The van der Waals surface area contributed by atoms with Gasteiger partial charge in [0.05, 0.1) is 11.9 Å². The van der Waals surface area contributed by atoms with E-state index < -0.39 is 0 Å². The quantitative estimate of drug-likeness (QED) is 0.649. The van der Waals surface area contributed by atoms with Crippen molar-refractivity contribution in [2.24, 2.45) is 11.8 Å². The first-order chi connectivity index (χ1) is 15.2. The molecule has 0 saturated carbocycles. The smallest absolute Gasteiger partial charge is 0.230 e. The summed E-state index contributed by atoms with van der Waals surface area (Å²) in [4.78, 5) is 22.1. The number of anilines is 1. The molecule has 6 heteroatoms. The third-order valence-corrected chi connectivity index (χ3v) is 6.92. The van der Waals surface area contributed by atoms with E-state index in [1.54, 1.807) is 12.3 Å². The molecular weight excluding hydrogens is 408 g/mol. The van der Waals surface area contributed by atoms with E-state index in [1.165, 1.54) is 18.4 Å². The number of likely N-dealkylation sites (tertiary alicyclic amines) is 1. The summed E-state index contributed by atoms with van der Waals surface area (Å²) in [6.45, 7) is 5.89. The molecule has 2 aromatic rings. The third-order valence-electron chi connectivity index (χ3n) is 6.69. The van der Waals surface area contributed by atoms with E-state index in [4.69, 9.17) is 11.6 Å². The van der Waals surface area contributed by atoms with Crippen molar-refractivity contribution in [3.05, 3.63) is 59.4 Å². The van der Waals surface area contributed by atoms with E-state index in [-0.39, 0.29) is 11.8 Å². The monoisotopic (exact) mass is 440 g/mol. The van der Waals surface area contributed by atoms with E-state index in [0.717, 1.165) is 64.2 Å². The van der Waals surface area contributed by atoms with Crippen molar-refractivity contribution in [3.63, 3.8) is 0 Å². The summed E-state index contributed by atoms with van der Waals surface area (Å²) in [7, 11) is 0. The number of nitrogens with one attached hydrogen (secondary N) is 1. The summed E-state index contributed by atoms with van der Waals surface area (Å²) < 4.78 is 0. The lowest BCUT2D eigenvalue weighted by Crippen LogP contribution is -2.42. The molecule has 3 heterocycles. The van der Waals surface area contributed by atoms with Gasteiger partial charge in [-0.1, -0.05) is 41.9 Å². The van der Waals surface area contributed by atoms with Crippen molar-refractivity contribution in [2.75, 3.05) is 37.6 Å². The minimum Gasteiger partial charge on any atom is -0.317 e. The molecule has 0 spiro atoms. The molecule has 31 heavy (non-hydrogen) atoms. The van der Waals surface area contributed by atoms with Crippen LogP contribution in [0.1, 0.15) is 37.7 Å². The van der Waals surface area contributed by atoms with Crippen molar-refractivity contribution in [1.29, 1.82) is 0 Å². The molecule has 1 N–H and O–H groups in total. The van der Waals surface area contributed by atoms with Crippen molar-refractivity contribution < 1.29 is 4.79 Å². The number of hydrogen-bond donors (Lipinski definition) is 1. The lowest BCUT2D eigenvalue weighted by atomic mass is 9.92. The standard InChI is InChI=1S/C25H33ClN4O/c26-24-7-6-23(18-28-24)30(25(31)22-8-13-27-14-9-22)17-12-20-10-15-29(16-11-20)19-21-4-2-1-3-5-21/h1-7,18,20,22,27H,8-17,19H2. The molecule has 1 aromatic heterocycles. The minimum atomic E-state index is 0.102. The summed E-state index contributed by atoms with van der Waals surface area (Å²) in [5, 5.41) is 3.82. The maximum Gasteiger partial charge on any atom is 0.230 e. The van der Waals surface area contributed by atoms with Crippen LogP contribution in [0.3, 0.4) is 0 Å². The zero-order chi connectivity index (χ0) is 21.5. The summed E-state index contributed by atoms with van der Waals surface area (Å²) in [5.74, 6) is 1.01. The van der Waals surface area contributed by atoms with Gasteiger partial charge in [-0.25, -0.2) is 4.98 Å². The summed E-state index contributed by atoms with van der Waals surface area (Å²) in [6.07, 6.45) is 6.99. The van der Waals surface area contributed by atoms with Crippen LogP contribution in [0.2, 0.25) is 5.15 Å². The molecule has 0 radical (unpaired) electrons. The van der Waals surface area contributed by atoms with Crippen LogP contribution in [0.4, 0.5) is 5.69 Å². The second-order valence-corrected chi connectivity index (χ2v) is 9.23. The largest absolute Gasteiger partial charge is 0.317 e. The van der Waals surface area contributed by atoms with Crippen LogP contribution in [-0.4, -0.2) is 48.5 Å². The molecule has 5 nitrogen and oxygen atoms in total. The van der Waals surface area contributed by atoms with Gasteiger partial charge in [0.2, 0.25) is 5.91 Å². The fourth-order valence-electron chi connectivity index (χ4n) is 4.77. The van der Waals surface area contributed by atoms with Gasteiger partial charge in [0.25, 0.3) is 0 Å². The Balaban J connectivity index is 1.33. The van der Waals surface area contributed by atoms with E-state index in [2.05, 4.69) is 45.5 Å². The summed E-state index contributed by atoms with van der Waals surface area (Å²) in [5.41, 5.74) is 2.25. The van der Waals surface area contributed by atoms with Gasteiger partial charge in [-0.05, 0) is 81.9 Å². The first-order valence-electron chi connectivity index (χ1n) is 11.6. The van der Waals surface area contributed by atoms with Gasteiger partial charge < -0.3 is 10.2 Å². The van der Waals surface area contributed by atoms with Gasteiger partial charge in [0.1, 0.15) is 5.15 Å². The SMILES string of the molecule is O=C(C1CCNCC1)N(CCC1CCN(Cc2ccccc2)CC1)c1ccc(Cl)nc1. The molecule has 2 aliphatic rings. The van der Waals surface area contributed by atoms with Crippen LogP contribution < -0.4 is 10.2 Å². The maximum absolute atomic E-state index is 13.3. The number of piperidine rings is 2. The van der Waals surface area contributed by atoms with Crippen molar-refractivity contribution in [2.45, 2.75) is 38.6 Å². The number of halogens is 1. The molecule has 0 atom stereocenters. The molecule has 2 aliphatic heterocycles. The number of pyridine rings is 1. The van der Waals surface area contributed by atoms with Crippen LogP contribution in [-0.2, 0) is 11.3 Å².